The van der Waals surface area contributed by atoms with Gasteiger partial charge in [-0.25, -0.2) is 0 Å². The molecule has 0 radical (unpaired) electrons. The highest BCUT2D eigenvalue weighted by atomic mass is 16.2. The van der Waals surface area contributed by atoms with E-state index in [2.05, 4.69) is 10.6 Å². The first-order valence-corrected chi connectivity index (χ1v) is 9.85. The first-order valence-electron chi connectivity index (χ1n) is 9.85. The van der Waals surface area contributed by atoms with Crippen LogP contribution >= 0.6 is 0 Å². The number of carbonyl (C=O) groups is 4. The molecule has 3 N–H and O–H groups in total. The third-order valence-electron chi connectivity index (χ3n) is 4.99. The van der Waals surface area contributed by atoms with Crippen molar-refractivity contribution in [2.75, 3.05) is 6.54 Å². The van der Waals surface area contributed by atoms with E-state index in [9.17, 15) is 19.2 Å². The zero-order valence-corrected chi connectivity index (χ0v) is 16.6. The second-order valence-corrected chi connectivity index (χ2v) is 7.14. The standard InChI is InChI=1S/C21H28N4O4/c1-15(26)25-12-6-5-9-19(25)21(29)24-18(11-10-17(27)13-22)20(28)23-14-16-7-3-2-4-8-16/h2-4,7-8,13,18-19,22H,5-6,9-12,14H2,1H3,(H,23,28)(H,24,29)/t18-,19-/m0/s1. The van der Waals surface area contributed by atoms with Crippen LogP contribution in [0.3, 0.4) is 0 Å². The minimum absolute atomic E-state index is 0.0196. The number of Topliss-reactive ketones (excluding diaryl/α,β-unsaturated/α-hetero) is 1. The van der Waals surface area contributed by atoms with Crippen LogP contribution in [0, 0.1) is 5.41 Å². The van der Waals surface area contributed by atoms with E-state index in [-0.39, 0.29) is 24.7 Å². The van der Waals surface area contributed by atoms with Gasteiger partial charge in [-0.05, 0) is 31.2 Å². The van der Waals surface area contributed by atoms with Crippen molar-refractivity contribution in [3.63, 3.8) is 0 Å². The number of ketones is 1. The van der Waals surface area contributed by atoms with Crippen molar-refractivity contribution in [3.05, 3.63) is 35.9 Å². The Morgan fingerprint density at radius 1 is 1.21 bits per heavy atom. The molecule has 2 atom stereocenters. The van der Waals surface area contributed by atoms with E-state index in [0.29, 0.717) is 25.7 Å². The average molecular weight is 400 g/mol. The van der Waals surface area contributed by atoms with Gasteiger partial charge in [0.2, 0.25) is 17.7 Å². The number of carbonyl (C=O) groups excluding carboxylic acids is 4. The van der Waals surface area contributed by atoms with Gasteiger partial charge in [0.15, 0.2) is 5.78 Å². The lowest BCUT2D eigenvalue weighted by molar-refractivity contribution is -0.141. The second-order valence-electron chi connectivity index (χ2n) is 7.14. The molecular weight excluding hydrogens is 372 g/mol. The summed E-state index contributed by atoms with van der Waals surface area (Å²) in [6, 6.07) is 7.84. The van der Waals surface area contributed by atoms with Gasteiger partial charge in [-0.2, -0.15) is 0 Å². The van der Waals surface area contributed by atoms with Gasteiger partial charge in [-0.15, -0.1) is 0 Å². The van der Waals surface area contributed by atoms with E-state index < -0.39 is 23.8 Å². The van der Waals surface area contributed by atoms with E-state index in [1.807, 2.05) is 30.3 Å². The number of nitrogens with one attached hydrogen (secondary N) is 3. The number of hydrogen-bond acceptors (Lipinski definition) is 5. The van der Waals surface area contributed by atoms with Crippen molar-refractivity contribution in [2.24, 2.45) is 0 Å². The Morgan fingerprint density at radius 3 is 2.59 bits per heavy atom. The molecule has 0 bridgehead atoms. The predicted molar refractivity (Wildman–Crippen MR) is 108 cm³/mol. The van der Waals surface area contributed by atoms with Crippen molar-refractivity contribution in [1.29, 1.82) is 5.41 Å². The lowest BCUT2D eigenvalue weighted by atomic mass is 10.00. The minimum Gasteiger partial charge on any atom is -0.350 e. The van der Waals surface area contributed by atoms with Gasteiger partial charge >= 0.3 is 0 Å². The number of rotatable bonds is 9. The van der Waals surface area contributed by atoms with Gasteiger partial charge in [-0.3, -0.25) is 19.2 Å². The summed E-state index contributed by atoms with van der Waals surface area (Å²) < 4.78 is 0. The lowest BCUT2D eigenvalue weighted by Crippen LogP contribution is -2.56. The lowest BCUT2D eigenvalue weighted by Gasteiger charge is -2.34. The highest BCUT2D eigenvalue weighted by Crippen LogP contribution is 2.17. The van der Waals surface area contributed by atoms with Crippen molar-refractivity contribution < 1.29 is 19.2 Å². The molecular formula is C21H28N4O4. The number of benzene rings is 1. The number of likely N-dealkylation sites (tertiary alicyclic amines) is 1. The van der Waals surface area contributed by atoms with Crippen LogP contribution in [-0.2, 0) is 25.7 Å². The molecule has 0 saturated carbocycles. The molecule has 29 heavy (non-hydrogen) atoms. The van der Waals surface area contributed by atoms with Crippen LogP contribution in [0.4, 0.5) is 0 Å². The Morgan fingerprint density at radius 2 is 1.93 bits per heavy atom. The molecule has 1 fully saturated rings. The number of piperidine rings is 1. The maximum absolute atomic E-state index is 12.8. The van der Waals surface area contributed by atoms with Gasteiger partial charge in [0, 0.05) is 26.4 Å². The Bertz CT molecular complexity index is 750. The quantitative estimate of drug-likeness (QED) is 0.539. The molecule has 3 amide bonds. The summed E-state index contributed by atoms with van der Waals surface area (Å²) in [7, 11) is 0. The van der Waals surface area contributed by atoms with Gasteiger partial charge < -0.3 is 20.9 Å². The zero-order chi connectivity index (χ0) is 21.2. The Balaban J connectivity index is 2.04. The summed E-state index contributed by atoms with van der Waals surface area (Å²) in [6.07, 6.45) is 3.00. The fourth-order valence-electron chi connectivity index (χ4n) is 3.38. The molecule has 1 heterocycles. The summed E-state index contributed by atoms with van der Waals surface area (Å²) in [4.78, 5) is 50.4. The number of nitrogens with zero attached hydrogens (tertiary/aromatic N) is 1. The van der Waals surface area contributed by atoms with Crippen molar-refractivity contribution in [3.8, 4) is 0 Å². The third-order valence-corrected chi connectivity index (χ3v) is 4.99. The molecule has 156 valence electrons. The Kier molecular flexibility index (Phi) is 8.51. The summed E-state index contributed by atoms with van der Waals surface area (Å²) >= 11 is 0. The Hall–Kier alpha value is -3.03. The first-order chi connectivity index (χ1) is 13.9. The maximum Gasteiger partial charge on any atom is 0.243 e. The van der Waals surface area contributed by atoms with Crippen molar-refractivity contribution >= 4 is 29.7 Å². The molecule has 1 aliphatic rings. The van der Waals surface area contributed by atoms with E-state index in [1.165, 1.54) is 11.8 Å². The largest absolute Gasteiger partial charge is 0.350 e. The van der Waals surface area contributed by atoms with Crippen molar-refractivity contribution in [2.45, 2.75) is 57.7 Å². The summed E-state index contributed by atoms with van der Waals surface area (Å²) in [5, 5.41) is 12.5. The fourth-order valence-corrected chi connectivity index (χ4v) is 3.38. The molecule has 8 nitrogen and oxygen atoms in total. The summed E-state index contributed by atoms with van der Waals surface area (Å²) in [5.74, 6) is -1.37. The average Bonchev–Trinajstić information content (AvgIpc) is 2.75. The first kappa shape index (κ1) is 22.3. The SMILES string of the molecule is CC(=O)N1CCCC[C@H]1C(=O)N[C@@H](CCC(=O)C=N)C(=O)NCc1ccccc1. The predicted octanol–water partition coefficient (Wildman–Crippen LogP) is 1.19. The monoisotopic (exact) mass is 400 g/mol. The molecule has 0 spiro atoms. The highest BCUT2D eigenvalue weighted by Gasteiger charge is 2.32. The molecule has 0 unspecified atom stereocenters. The summed E-state index contributed by atoms with van der Waals surface area (Å²) in [6.45, 7) is 2.25. The molecule has 1 aromatic carbocycles. The van der Waals surface area contributed by atoms with Crippen LogP contribution in [0.2, 0.25) is 0 Å². The summed E-state index contributed by atoms with van der Waals surface area (Å²) in [5.41, 5.74) is 0.913. The van der Waals surface area contributed by atoms with E-state index in [4.69, 9.17) is 5.41 Å². The Labute approximate surface area is 170 Å². The van der Waals surface area contributed by atoms with Gasteiger partial charge in [0.1, 0.15) is 12.1 Å². The third kappa shape index (κ3) is 6.81. The van der Waals surface area contributed by atoms with Gasteiger partial charge in [0.25, 0.3) is 0 Å². The molecule has 0 aliphatic carbocycles. The second kappa shape index (κ2) is 11.1. The van der Waals surface area contributed by atoms with Crippen LogP contribution in [0.25, 0.3) is 0 Å². The molecule has 8 heteroatoms. The molecule has 0 aromatic heterocycles. The van der Waals surface area contributed by atoms with E-state index in [1.54, 1.807) is 0 Å². The highest BCUT2D eigenvalue weighted by molar-refractivity contribution is 6.26. The van der Waals surface area contributed by atoms with Crippen molar-refractivity contribution in [1.82, 2.24) is 15.5 Å². The normalized spacial score (nSPS) is 17.1. The van der Waals surface area contributed by atoms with Crippen LogP contribution in [0.1, 0.15) is 44.6 Å². The van der Waals surface area contributed by atoms with Crippen LogP contribution < -0.4 is 10.6 Å². The van der Waals surface area contributed by atoms with E-state index >= 15 is 0 Å². The van der Waals surface area contributed by atoms with Crippen LogP contribution in [0.15, 0.2) is 30.3 Å². The smallest absolute Gasteiger partial charge is 0.243 e. The van der Waals surface area contributed by atoms with Crippen LogP contribution in [-0.4, -0.2) is 53.2 Å². The molecule has 2 rings (SSSR count). The molecule has 1 aliphatic heterocycles. The fraction of sp³-hybridized carbons (Fsp3) is 0.476. The molecule has 1 aromatic rings. The topological polar surface area (TPSA) is 119 Å². The minimum atomic E-state index is -0.911. The van der Waals surface area contributed by atoms with E-state index in [0.717, 1.165) is 18.4 Å². The maximum atomic E-state index is 12.8. The van der Waals surface area contributed by atoms with Gasteiger partial charge in [-0.1, -0.05) is 30.3 Å². The number of amides is 3. The molecule has 1 saturated heterocycles. The van der Waals surface area contributed by atoms with Crippen LogP contribution in [0.5, 0.6) is 0 Å². The number of hydrogen-bond donors (Lipinski definition) is 3. The zero-order valence-electron chi connectivity index (χ0n) is 16.6. The van der Waals surface area contributed by atoms with Gasteiger partial charge in [0.05, 0.1) is 6.21 Å².